The van der Waals surface area contributed by atoms with Crippen LogP contribution in [0.25, 0.3) is 0 Å². The minimum absolute atomic E-state index is 0.264. The van der Waals surface area contributed by atoms with E-state index in [-0.39, 0.29) is 12.6 Å². The fourth-order valence-corrected chi connectivity index (χ4v) is 1.22. The zero-order chi connectivity index (χ0) is 12.3. The predicted molar refractivity (Wildman–Crippen MR) is 64.0 cm³/mol. The van der Waals surface area contributed by atoms with E-state index >= 15 is 0 Å². The minimum atomic E-state index is -0.320. The molecular weight excluding hydrogens is 220 g/mol. The second-order valence-electron chi connectivity index (χ2n) is 3.31. The molecule has 17 heavy (non-hydrogen) atoms. The van der Waals surface area contributed by atoms with E-state index in [0.717, 1.165) is 0 Å². The standard InChI is InChI=1S/C13H18O4/c1-2-15-8-9-16-10-11-17-13(14)12-6-4-3-5-7-12/h3-7H,2,8-11H2,1H3. The molecule has 1 rings (SSSR count). The van der Waals surface area contributed by atoms with Crippen LogP contribution < -0.4 is 0 Å². The Morgan fingerprint density at radius 1 is 1.00 bits per heavy atom. The summed E-state index contributed by atoms with van der Waals surface area (Å²) < 4.78 is 15.3. The Balaban J connectivity index is 2.05. The molecule has 0 amide bonds. The third kappa shape index (κ3) is 6.04. The van der Waals surface area contributed by atoms with Crippen molar-refractivity contribution in [2.75, 3.05) is 33.0 Å². The molecule has 0 aliphatic rings. The number of hydrogen-bond donors (Lipinski definition) is 0. The van der Waals surface area contributed by atoms with Crippen LogP contribution in [0.3, 0.4) is 0 Å². The maximum absolute atomic E-state index is 11.5. The van der Waals surface area contributed by atoms with Gasteiger partial charge in [-0.25, -0.2) is 4.79 Å². The van der Waals surface area contributed by atoms with Crippen molar-refractivity contribution < 1.29 is 19.0 Å². The second-order valence-corrected chi connectivity index (χ2v) is 3.31. The van der Waals surface area contributed by atoms with Crippen molar-refractivity contribution in [3.05, 3.63) is 35.9 Å². The van der Waals surface area contributed by atoms with Crippen LogP contribution in [0.5, 0.6) is 0 Å². The fourth-order valence-electron chi connectivity index (χ4n) is 1.22. The molecule has 0 heterocycles. The zero-order valence-corrected chi connectivity index (χ0v) is 10.1. The second kappa shape index (κ2) is 8.73. The molecule has 4 nitrogen and oxygen atoms in total. The molecule has 0 fully saturated rings. The van der Waals surface area contributed by atoms with E-state index in [1.165, 1.54) is 0 Å². The SMILES string of the molecule is CCOCCOCCOC(=O)c1ccccc1. The van der Waals surface area contributed by atoms with Gasteiger partial charge in [-0.2, -0.15) is 0 Å². The summed E-state index contributed by atoms with van der Waals surface area (Å²) in [5.41, 5.74) is 0.557. The summed E-state index contributed by atoms with van der Waals surface area (Å²) in [4.78, 5) is 11.5. The van der Waals surface area contributed by atoms with Gasteiger partial charge in [-0.1, -0.05) is 18.2 Å². The molecule has 0 N–H and O–H groups in total. The molecule has 1 aromatic carbocycles. The van der Waals surface area contributed by atoms with E-state index < -0.39 is 0 Å². The highest BCUT2D eigenvalue weighted by atomic mass is 16.6. The average molecular weight is 238 g/mol. The molecule has 0 saturated heterocycles. The van der Waals surface area contributed by atoms with Gasteiger partial charge in [-0.15, -0.1) is 0 Å². The summed E-state index contributed by atoms with van der Waals surface area (Å²) in [5.74, 6) is -0.320. The first-order valence-electron chi connectivity index (χ1n) is 5.72. The van der Waals surface area contributed by atoms with Crippen molar-refractivity contribution in [3.8, 4) is 0 Å². The van der Waals surface area contributed by atoms with E-state index in [1.807, 2.05) is 13.0 Å². The number of rotatable bonds is 8. The van der Waals surface area contributed by atoms with Gasteiger partial charge in [0.25, 0.3) is 0 Å². The monoisotopic (exact) mass is 238 g/mol. The van der Waals surface area contributed by atoms with Crippen LogP contribution in [0.4, 0.5) is 0 Å². The minimum Gasteiger partial charge on any atom is -0.460 e. The molecule has 0 atom stereocenters. The van der Waals surface area contributed by atoms with Crippen LogP contribution >= 0.6 is 0 Å². The van der Waals surface area contributed by atoms with Crippen LogP contribution in [0, 0.1) is 0 Å². The van der Waals surface area contributed by atoms with Crippen LogP contribution in [-0.4, -0.2) is 39.0 Å². The third-order valence-electron chi connectivity index (χ3n) is 2.05. The van der Waals surface area contributed by atoms with Gasteiger partial charge >= 0.3 is 5.97 Å². The van der Waals surface area contributed by atoms with Crippen molar-refractivity contribution >= 4 is 5.97 Å². The maximum atomic E-state index is 11.5. The molecule has 4 heteroatoms. The van der Waals surface area contributed by atoms with Crippen molar-refractivity contribution in [3.63, 3.8) is 0 Å². The van der Waals surface area contributed by atoms with Crippen molar-refractivity contribution in [1.82, 2.24) is 0 Å². The number of esters is 1. The lowest BCUT2D eigenvalue weighted by atomic mass is 10.2. The first-order chi connectivity index (χ1) is 8.34. The molecule has 0 aliphatic carbocycles. The predicted octanol–water partition coefficient (Wildman–Crippen LogP) is 1.90. The van der Waals surface area contributed by atoms with Crippen molar-refractivity contribution in [2.24, 2.45) is 0 Å². The molecule has 0 spiro atoms. The highest BCUT2D eigenvalue weighted by Gasteiger charge is 2.04. The van der Waals surface area contributed by atoms with E-state index in [9.17, 15) is 4.79 Å². The highest BCUT2D eigenvalue weighted by molar-refractivity contribution is 5.89. The highest BCUT2D eigenvalue weighted by Crippen LogP contribution is 2.00. The Morgan fingerprint density at radius 3 is 2.35 bits per heavy atom. The summed E-state index contributed by atoms with van der Waals surface area (Å²) in [6.45, 7) is 4.37. The largest absolute Gasteiger partial charge is 0.460 e. The molecule has 1 aromatic rings. The number of ether oxygens (including phenoxy) is 3. The first-order valence-corrected chi connectivity index (χ1v) is 5.72. The van der Waals surface area contributed by atoms with E-state index in [1.54, 1.807) is 24.3 Å². The van der Waals surface area contributed by atoms with Crippen molar-refractivity contribution in [1.29, 1.82) is 0 Å². The lowest BCUT2D eigenvalue weighted by Crippen LogP contribution is -2.12. The van der Waals surface area contributed by atoms with Crippen molar-refractivity contribution in [2.45, 2.75) is 6.92 Å². The Kier molecular flexibility index (Phi) is 7.02. The van der Waals surface area contributed by atoms with Gasteiger partial charge in [0.05, 0.1) is 25.4 Å². The fraction of sp³-hybridized carbons (Fsp3) is 0.462. The molecule has 0 aliphatic heterocycles. The molecule has 0 saturated carbocycles. The van der Waals surface area contributed by atoms with Gasteiger partial charge < -0.3 is 14.2 Å². The lowest BCUT2D eigenvalue weighted by Gasteiger charge is -2.06. The van der Waals surface area contributed by atoms with Gasteiger partial charge in [0.15, 0.2) is 0 Å². The lowest BCUT2D eigenvalue weighted by molar-refractivity contribution is 0.0164. The molecule has 0 aromatic heterocycles. The van der Waals surface area contributed by atoms with Crippen LogP contribution in [0.1, 0.15) is 17.3 Å². The summed E-state index contributed by atoms with van der Waals surface area (Å²) in [7, 11) is 0. The van der Waals surface area contributed by atoms with Gasteiger partial charge in [0.2, 0.25) is 0 Å². The molecule has 94 valence electrons. The molecule has 0 bridgehead atoms. The van der Waals surface area contributed by atoms with E-state index in [4.69, 9.17) is 14.2 Å². The number of benzene rings is 1. The van der Waals surface area contributed by atoms with Crippen LogP contribution in [0.15, 0.2) is 30.3 Å². The van der Waals surface area contributed by atoms with E-state index in [2.05, 4.69) is 0 Å². The Morgan fingerprint density at radius 2 is 1.65 bits per heavy atom. The summed E-state index contributed by atoms with van der Waals surface area (Å²) in [6.07, 6.45) is 0. The number of hydrogen-bond acceptors (Lipinski definition) is 4. The summed E-state index contributed by atoms with van der Waals surface area (Å²) >= 11 is 0. The zero-order valence-electron chi connectivity index (χ0n) is 10.1. The molecule has 0 unspecified atom stereocenters. The first kappa shape index (κ1) is 13.7. The number of carbonyl (C=O) groups is 1. The summed E-state index contributed by atoms with van der Waals surface area (Å²) in [5, 5.41) is 0. The Hall–Kier alpha value is -1.39. The van der Waals surface area contributed by atoms with Gasteiger partial charge in [0, 0.05) is 6.61 Å². The number of carbonyl (C=O) groups excluding carboxylic acids is 1. The quantitative estimate of drug-likeness (QED) is 0.512. The molecular formula is C13H18O4. The van der Waals surface area contributed by atoms with Gasteiger partial charge in [-0.05, 0) is 19.1 Å². The Labute approximate surface area is 101 Å². The van der Waals surface area contributed by atoms with E-state index in [0.29, 0.717) is 32.0 Å². The third-order valence-corrected chi connectivity index (χ3v) is 2.05. The van der Waals surface area contributed by atoms with Gasteiger partial charge in [0.1, 0.15) is 6.61 Å². The van der Waals surface area contributed by atoms with Crippen LogP contribution in [0.2, 0.25) is 0 Å². The topological polar surface area (TPSA) is 44.8 Å². The van der Waals surface area contributed by atoms with Crippen LogP contribution in [-0.2, 0) is 14.2 Å². The normalized spacial score (nSPS) is 10.2. The molecule has 0 radical (unpaired) electrons. The smallest absolute Gasteiger partial charge is 0.338 e. The van der Waals surface area contributed by atoms with Gasteiger partial charge in [-0.3, -0.25) is 0 Å². The maximum Gasteiger partial charge on any atom is 0.338 e. The summed E-state index contributed by atoms with van der Waals surface area (Å²) in [6, 6.07) is 8.90. The average Bonchev–Trinajstić information content (AvgIpc) is 2.38. The Bertz CT molecular complexity index is 310.